The van der Waals surface area contributed by atoms with Crippen LogP contribution >= 0.6 is 0 Å². The molecule has 0 spiro atoms. The number of hydrogen-bond acceptors (Lipinski definition) is 1. The van der Waals surface area contributed by atoms with Gasteiger partial charge in [-0.05, 0) is 58.4 Å². The van der Waals surface area contributed by atoms with E-state index >= 15 is 0 Å². The van der Waals surface area contributed by atoms with Gasteiger partial charge in [-0.15, -0.1) is 0 Å². The Morgan fingerprint density at radius 1 is 0.926 bits per heavy atom. The number of hydrogen-bond donors (Lipinski definition) is 1. The summed E-state index contributed by atoms with van der Waals surface area (Å²) < 4.78 is 0. The molecule has 1 aliphatic carbocycles. The first-order valence-corrected chi connectivity index (χ1v) is 9.84. The highest BCUT2D eigenvalue weighted by Gasteiger charge is 2.17. The molecule has 0 heterocycles. The van der Waals surface area contributed by atoms with Crippen molar-refractivity contribution in [3.63, 3.8) is 0 Å². The number of benzene rings is 3. The average molecular weight is 357 g/mol. The summed E-state index contributed by atoms with van der Waals surface area (Å²) in [6.07, 6.45) is 3.47. The van der Waals surface area contributed by atoms with Crippen LogP contribution in [0.25, 0.3) is 10.8 Å². The molecule has 1 N–H and O–H groups in total. The van der Waals surface area contributed by atoms with Crippen molar-refractivity contribution in [1.29, 1.82) is 0 Å². The summed E-state index contributed by atoms with van der Waals surface area (Å²) in [5.41, 5.74) is 6.42. The van der Waals surface area contributed by atoms with E-state index in [0.717, 1.165) is 24.9 Å². The van der Waals surface area contributed by atoms with Gasteiger partial charge in [-0.1, -0.05) is 69.3 Å². The van der Waals surface area contributed by atoms with Crippen LogP contribution in [-0.2, 0) is 29.5 Å². The Kier molecular flexibility index (Phi) is 4.51. The Morgan fingerprint density at radius 2 is 1.63 bits per heavy atom. The molecule has 0 aliphatic heterocycles. The van der Waals surface area contributed by atoms with Gasteiger partial charge >= 0.3 is 0 Å². The van der Waals surface area contributed by atoms with Crippen LogP contribution in [0.15, 0.2) is 54.6 Å². The first-order chi connectivity index (χ1) is 12.9. The number of rotatable bonds is 4. The monoisotopic (exact) mass is 357 g/mol. The van der Waals surface area contributed by atoms with E-state index in [0.29, 0.717) is 6.42 Å². The highest BCUT2D eigenvalue weighted by Crippen LogP contribution is 2.35. The fourth-order valence-electron chi connectivity index (χ4n) is 4.00. The molecule has 0 saturated carbocycles. The number of carbonyl (C=O) groups excluding carboxylic acids is 1. The number of carbonyl (C=O) groups is 1. The number of amides is 1. The molecule has 0 fully saturated rings. The van der Waals surface area contributed by atoms with Crippen molar-refractivity contribution in [1.82, 2.24) is 0 Å². The molecule has 0 unspecified atom stereocenters. The van der Waals surface area contributed by atoms with Crippen LogP contribution in [0.4, 0.5) is 5.69 Å². The fourth-order valence-corrected chi connectivity index (χ4v) is 4.00. The number of aryl methyl sites for hydroxylation is 3. The van der Waals surface area contributed by atoms with Crippen molar-refractivity contribution in [2.45, 2.75) is 51.9 Å². The van der Waals surface area contributed by atoms with Crippen LogP contribution in [0.1, 0.15) is 49.4 Å². The lowest BCUT2D eigenvalue weighted by Gasteiger charge is -2.19. The zero-order valence-corrected chi connectivity index (χ0v) is 16.4. The van der Waals surface area contributed by atoms with E-state index in [1.165, 1.54) is 33.0 Å². The Hall–Kier alpha value is -2.61. The molecule has 27 heavy (non-hydrogen) atoms. The summed E-state index contributed by atoms with van der Waals surface area (Å²) in [6, 6.07) is 19.3. The minimum absolute atomic E-state index is 0.0774. The summed E-state index contributed by atoms with van der Waals surface area (Å²) in [7, 11) is 0. The van der Waals surface area contributed by atoms with Gasteiger partial charge in [-0.3, -0.25) is 4.79 Å². The van der Waals surface area contributed by atoms with Crippen molar-refractivity contribution in [3.05, 3.63) is 76.9 Å². The van der Waals surface area contributed by atoms with Crippen molar-refractivity contribution in [2.24, 2.45) is 0 Å². The first kappa shape index (κ1) is 17.8. The van der Waals surface area contributed by atoms with Gasteiger partial charge in [0.25, 0.3) is 0 Å². The van der Waals surface area contributed by atoms with Crippen LogP contribution in [0.3, 0.4) is 0 Å². The zero-order chi connectivity index (χ0) is 19.0. The Bertz CT molecular complexity index is 983. The molecule has 0 saturated heterocycles. The molecule has 0 bridgehead atoms. The standard InChI is InChI=1S/C25H27NO/c1-25(2,3)20-13-7-17(8-14-20)9-16-23(27)26-22-15-12-19-11-10-18-5-4-6-21(22)24(18)19/h4-8,12-15H,9-11,16H2,1-3H3,(H,26,27). The molecule has 0 aromatic heterocycles. The van der Waals surface area contributed by atoms with E-state index in [2.05, 4.69) is 80.7 Å². The van der Waals surface area contributed by atoms with E-state index < -0.39 is 0 Å². The number of nitrogens with one attached hydrogen (secondary N) is 1. The Labute approximate surface area is 161 Å². The normalized spacial score (nSPS) is 13.1. The molecule has 1 amide bonds. The molecule has 3 aromatic carbocycles. The SMILES string of the molecule is CC(C)(C)c1ccc(CCC(=O)Nc2ccc3c4c(cccc24)CC3)cc1. The van der Waals surface area contributed by atoms with Crippen LogP contribution in [0.2, 0.25) is 0 Å². The van der Waals surface area contributed by atoms with E-state index in [-0.39, 0.29) is 11.3 Å². The summed E-state index contributed by atoms with van der Waals surface area (Å²) in [5, 5.41) is 5.65. The summed E-state index contributed by atoms with van der Waals surface area (Å²) >= 11 is 0. The third kappa shape index (κ3) is 3.62. The lowest BCUT2D eigenvalue weighted by molar-refractivity contribution is -0.116. The van der Waals surface area contributed by atoms with Gasteiger partial charge in [0, 0.05) is 17.5 Å². The topological polar surface area (TPSA) is 29.1 Å². The van der Waals surface area contributed by atoms with E-state index in [1.807, 2.05) is 0 Å². The lowest BCUT2D eigenvalue weighted by Crippen LogP contribution is -2.13. The molecule has 0 atom stereocenters. The smallest absolute Gasteiger partial charge is 0.224 e. The van der Waals surface area contributed by atoms with Crippen molar-refractivity contribution >= 4 is 22.4 Å². The molecule has 2 nitrogen and oxygen atoms in total. The molecule has 1 aliphatic rings. The summed E-state index contributed by atoms with van der Waals surface area (Å²) in [4.78, 5) is 12.5. The van der Waals surface area contributed by atoms with Crippen LogP contribution in [0.5, 0.6) is 0 Å². The van der Waals surface area contributed by atoms with Gasteiger partial charge in [0.2, 0.25) is 5.91 Å². The maximum Gasteiger partial charge on any atom is 0.224 e. The van der Waals surface area contributed by atoms with Gasteiger partial charge in [-0.25, -0.2) is 0 Å². The quantitative estimate of drug-likeness (QED) is 0.627. The second kappa shape index (κ2) is 6.84. The molecule has 2 heteroatoms. The third-order valence-electron chi connectivity index (χ3n) is 5.61. The molecule has 3 aromatic rings. The van der Waals surface area contributed by atoms with Gasteiger partial charge in [-0.2, -0.15) is 0 Å². The maximum atomic E-state index is 12.5. The molecular weight excluding hydrogens is 330 g/mol. The van der Waals surface area contributed by atoms with Crippen molar-refractivity contribution in [3.8, 4) is 0 Å². The number of anilines is 1. The van der Waals surface area contributed by atoms with Gasteiger partial charge < -0.3 is 5.32 Å². The maximum absolute atomic E-state index is 12.5. The van der Waals surface area contributed by atoms with Crippen molar-refractivity contribution in [2.75, 3.05) is 5.32 Å². The minimum atomic E-state index is 0.0774. The molecule has 4 rings (SSSR count). The third-order valence-corrected chi connectivity index (χ3v) is 5.61. The molecular formula is C25H27NO. The van der Waals surface area contributed by atoms with Gasteiger partial charge in [0.15, 0.2) is 0 Å². The summed E-state index contributed by atoms with van der Waals surface area (Å²) in [6.45, 7) is 6.65. The zero-order valence-electron chi connectivity index (χ0n) is 16.4. The minimum Gasteiger partial charge on any atom is -0.326 e. The largest absolute Gasteiger partial charge is 0.326 e. The van der Waals surface area contributed by atoms with E-state index in [9.17, 15) is 4.79 Å². The van der Waals surface area contributed by atoms with Crippen LogP contribution in [-0.4, -0.2) is 5.91 Å². The second-order valence-electron chi connectivity index (χ2n) is 8.61. The van der Waals surface area contributed by atoms with Gasteiger partial charge in [0.05, 0.1) is 0 Å². The average Bonchev–Trinajstić information content (AvgIpc) is 3.07. The molecule has 138 valence electrons. The fraction of sp³-hybridized carbons (Fsp3) is 0.320. The predicted molar refractivity (Wildman–Crippen MR) is 113 cm³/mol. The van der Waals surface area contributed by atoms with Crippen LogP contribution in [0, 0.1) is 0 Å². The Morgan fingerprint density at radius 3 is 2.33 bits per heavy atom. The summed E-state index contributed by atoms with van der Waals surface area (Å²) in [5.74, 6) is 0.0774. The van der Waals surface area contributed by atoms with E-state index in [4.69, 9.17) is 0 Å². The Balaban J connectivity index is 1.44. The van der Waals surface area contributed by atoms with E-state index in [1.54, 1.807) is 0 Å². The predicted octanol–water partition coefficient (Wildman–Crippen LogP) is 5.81. The first-order valence-electron chi connectivity index (χ1n) is 9.84. The van der Waals surface area contributed by atoms with Crippen LogP contribution < -0.4 is 5.32 Å². The molecule has 0 radical (unpaired) electrons. The van der Waals surface area contributed by atoms with Crippen molar-refractivity contribution < 1.29 is 4.79 Å². The lowest BCUT2D eigenvalue weighted by atomic mass is 9.86. The second-order valence-corrected chi connectivity index (χ2v) is 8.61. The highest BCUT2D eigenvalue weighted by molar-refractivity contribution is 6.05. The highest BCUT2D eigenvalue weighted by atomic mass is 16.1. The van der Waals surface area contributed by atoms with Gasteiger partial charge in [0.1, 0.15) is 0 Å².